The molecule has 4 nitrogen and oxygen atoms in total. The number of ether oxygens (including phenoxy) is 1. The summed E-state index contributed by atoms with van der Waals surface area (Å²) in [5.41, 5.74) is 0. The second-order valence-electron chi connectivity index (χ2n) is 3.78. The van der Waals surface area contributed by atoms with Gasteiger partial charge in [0.15, 0.2) is 0 Å². The van der Waals surface area contributed by atoms with Crippen molar-refractivity contribution in [2.24, 2.45) is 0 Å². The summed E-state index contributed by atoms with van der Waals surface area (Å²) in [4.78, 5) is 13.4. The summed E-state index contributed by atoms with van der Waals surface area (Å²) in [6.07, 6.45) is 0. The number of carbonyl (C=O) groups is 1. The molecule has 1 rings (SSSR count). The van der Waals surface area contributed by atoms with Gasteiger partial charge in [-0.05, 0) is 0 Å². The zero-order valence-corrected chi connectivity index (χ0v) is 12.1. The first-order chi connectivity index (χ1) is 8.93. The Kier molecular flexibility index (Phi) is 14.7. The lowest BCUT2D eigenvalue weighted by Crippen LogP contribution is -2.45. The van der Waals surface area contributed by atoms with Gasteiger partial charge >= 0.3 is 6.68 Å². The van der Waals surface area contributed by atoms with E-state index in [1.807, 2.05) is 32.6 Å². The predicted molar refractivity (Wildman–Crippen MR) is 69.0 cm³/mol. The lowest BCUT2D eigenvalue weighted by atomic mass is 10.3. The molecule has 1 aliphatic rings. The molecule has 0 aliphatic carbocycles. The quantitative estimate of drug-likeness (QED) is 0.863. The van der Waals surface area contributed by atoms with Gasteiger partial charge in [-0.3, -0.25) is 4.79 Å². The second-order valence-corrected chi connectivity index (χ2v) is 3.78. The highest BCUT2D eigenvalue weighted by atomic mass is 19.4. The molecule has 116 valence electrons. The topological polar surface area (TPSA) is 41.6 Å². The number of morpholine rings is 1. The summed E-state index contributed by atoms with van der Waals surface area (Å²) >= 11 is 0. The van der Waals surface area contributed by atoms with E-state index in [0.29, 0.717) is 25.8 Å². The molecular formula is C12H25F3N2O2. The molecule has 0 bridgehead atoms. The molecule has 1 aliphatic heterocycles. The van der Waals surface area contributed by atoms with E-state index in [2.05, 4.69) is 5.32 Å². The van der Waals surface area contributed by atoms with Crippen LogP contribution in [0.3, 0.4) is 0 Å². The van der Waals surface area contributed by atoms with Gasteiger partial charge in [-0.1, -0.05) is 27.7 Å². The summed E-state index contributed by atoms with van der Waals surface area (Å²) in [6, 6.07) is 0.366. The average molecular weight is 286 g/mol. The number of alkyl halides is 3. The molecule has 0 saturated carbocycles. The maximum Gasteiger partial charge on any atom is 0.379 e. The third kappa shape index (κ3) is 15.1. The van der Waals surface area contributed by atoms with Crippen molar-refractivity contribution in [3.05, 3.63) is 0 Å². The van der Waals surface area contributed by atoms with Gasteiger partial charge in [0.05, 0.1) is 19.8 Å². The van der Waals surface area contributed by atoms with Crippen LogP contribution in [-0.2, 0) is 9.53 Å². The number of carbonyl (C=O) groups excluding carboxylic acids is 1. The number of amides is 1. The van der Waals surface area contributed by atoms with Gasteiger partial charge in [0, 0.05) is 19.1 Å². The Balaban J connectivity index is 0. The Morgan fingerprint density at radius 2 is 1.63 bits per heavy atom. The Hall–Kier alpha value is -0.820. The second kappa shape index (κ2) is 13.6. The normalized spacial score (nSPS) is 14.5. The van der Waals surface area contributed by atoms with Crippen LogP contribution in [-0.4, -0.2) is 56.4 Å². The van der Waals surface area contributed by atoms with E-state index in [4.69, 9.17) is 4.74 Å². The first-order valence-electron chi connectivity index (χ1n) is 6.44. The highest BCUT2D eigenvalue weighted by Crippen LogP contribution is 1.96. The first kappa shape index (κ1) is 20.5. The zero-order valence-electron chi connectivity index (χ0n) is 12.1. The SMILES string of the molecule is CC.CC(C)NCC(=O)N1CCOCC1.FC(F)F. The van der Waals surface area contributed by atoms with E-state index in [9.17, 15) is 18.0 Å². The highest BCUT2D eigenvalue weighted by Gasteiger charge is 2.15. The van der Waals surface area contributed by atoms with Crippen molar-refractivity contribution in [3.63, 3.8) is 0 Å². The van der Waals surface area contributed by atoms with Crippen LogP contribution in [0.1, 0.15) is 27.7 Å². The summed E-state index contributed by atoms with van der Waals surface area (Å²) in [6.45, 7) is 7.66. The van der Waals surface area contributed by atoms with Crippen LogP contribution >= 0.6 is 0 Å². The first-order valence-corrected chi connectivity index (χ1v) is 6.44. The smallest absolute Gasteiger partial charge is 0.378 e. The standard InChI is InChI=1S/C9H18N2O2.C2H6.CHF3/c1-8(2)10-7-9(12)11-3-5-13-6-4-11;1-2;2-1(3)4/h8,10H,3-7H2,1-2H3;1-2H3;1H. The minimum Gasteiger partial charge on any atom is -0.378 e. The Morgan fingerprint density at radius 3 is 2.00 bits per heavy atom. The summed E-state index contributed by atoms with van der Waals surface area (Å²) in [5.74, 6) is 0.178. The van der Waals surface area contributed by atoms with Crippen molar-refractivity contribution in [1.82, 2.24) is 10.2 Å². The van der Waals surface area contributed by atoms with Crippen molar-refractivity contribution in [3.8, 4) is 0 Å². The van der Waals surface area contributed by atoms with E-state index in [1.54, 1.807) is 0 Å². The number of rotatable bonds is 3. The van der Waals surface area contributed by atoms with Crippen molar-refractivity contribution >= 4 is 5.91 Å². The third-order valence-electron chi connectivity index (χ3n) is 2.03. The molecule has 0 aromatic heterocycles. The van der Waals surface area contributed by atoms with Crippen molar-refractivity contribution in [2.45, 2.75) is 40.4 Å². The van der Waals surface area contributed by atoms with Gasteiger partial charge in [0.2, 0.25) is 5.91 Å². The fraction of sp³-hybridized carbons (Fsp3) is 0.917. The third-order valence-corrected chi connectivity index (χ3v) is 2.03. The van der Waals surface area contributed by atoms with Gasteiger partial charge in [-0.2, -0.15) is 13.2 Å². The van der Waals surface area contributed by atoms with E-state index >= 15 is 0 Å². The molecule has 1 N–H and O–H groups in total. The van der Waals surface area contributed by atoms with Crippen molar-refractivity contribution < 1.29 is 22.7 Å². The van der Waals surface area contributed by atoms with Gasteiger partial charge in [0.1, 0.15) is 0 Å². The molecule has 0 spiro atoms. The van der Waals surface area contributed by atoms with Crippen LogP contribution < -0.4 is 5.32 Å². The zero-order chi connectivity index (χ0) is 15.3. The molecule has 1 fully saturated rings. The molecular weight excluding hydrogens is 261 g/mol. The number of hydrogen-bond donors (Lipinski definition) is 1. The molecule has 0 unspecified atom stereocenters. The number of halogens is 3. The van der Waals surface area contributed by atoms with E-state index in [1.165, 1.54) is 0 Å². The minimum atomic E-state index is -3.67. The van der Waals surface area contributed by atoms with E-state index < -0.39 is 6.68 Å². The number of nitrogens with zero attached hydrogens (tertiary/aromatic N) is 1. The van der Waals surface area contributed by atoms with E-state index in [0.717, 1.165) is 13.1 Å². The Labute approximate surface area is 113 Å². The van der Waals surface area contributed by atoms with Crippen LogP contribution in [0.25, 0.3) is 0 Å². The van der Waals surface area contributed by atoms with Gasteiger partial charge in [-0.25, -0.2) is 0 Å². The molecule has 19 heavy (non-hydrogen) atoms. The highest BCUT2D eigenvalue weighted by molar-refractivity contribution is 5.78. The van der Waals surface area contributed by atoms with Crippen LogP contribution in [0, 0.1) is 0 Å². The summed E-state index contributed by atoms with van der Waals surface area (Å²) < 4.78 is 34.2. The van der Waals surface area contributed by atoms with Crippen LogP contribution in [0.15, 0.2) is 0 Å². The van der Waals surface area contributed by atoms with Crippen molar-refractivity contribution in [2.75, 3.05) is 32.8 Å². The molecule has 0 atom stereocenters. The minimum absolute atomic E-state index is 0.178. The monoisotopic (exact) mass is 286 g/mol. The van der Waals surface area contributed by atoms with E-state index in [-0.39, 0.29) is 5.91 Å². The van der Waals surface area contributed by atoms with Gasteiger partial charge in [0.25, 0.3) is 0 Å². The molecule has 1 saturated heterocycles. The average Bonchev–Trinajstić information content (AvgIpc) is 2.38. The Bertz CT molecular complexity index is 208. The maximum atomic E-state index is 11.5. The van der Waals surface area contributed by atoms with Gasteiger partial charge in [-0.15, -0.1) is 0 Å². The van der Waals surface area contributed by atoms with Crippen molar-refractivity contribution in [1.29, 1.82) is 0 Å². The number of hydrogen-bond acceptors (Lipinski definition) is 3. The maximum absolute atomic E-state index is 11.5. The van der Waals surface area contributed by atoms with Crippen LogP contribution in [0.5, 0.6) is 0 Å². The fourth-order valence-corrected chi connectivity index (χ4v) is 1.22. The molecule has 0 radical (unpaired) electrons. The predicted octanol–water partition coefficient (Wildman–Crippen LogP) is 2.05. The Morgan fingerprint density at radius 1 is 1.21 bits per heavy atom. The molecule has 0 aromatic rings. The summed E-state index contributed by atoms with van der Waals surface area (Å²) in [7, 11) is 0. The largest absolute Gasteiger partial charge is 0.379 e. The lowest BCUT2D eigenvalue weighted by Gasteiger charge is -2.27. The molecule has 0 aromatic carbocycles. The van der Waals surface area contributed by atoms with Crippen LogP contribution in [0.2, 0.25) is 0 Å². The number of nitrogens with one attached hydrogen (secondary N) is 1. The van der Waals surface area contributed by atoms with Crippen LogP contribution in [0.4, 0.5) is 13.2 Å². The molecule has 7 heteroatoms. The fourth-order valence-electron chi connectivity index (χ4n) is 1.22. The van der Waals surface area contributed by atoms with Gasteiger partial charge < -0.3 is 15.0 Å². The summed E-state index contributed by atoms with van der Waals surface area (Å²) in [5, 5.41) is 3.11. The molecule has 1 amide bonds. The molecule has 1 heterocycles. The lowest BCUT2D eigenvalue weighted by molar-refractivity contribution is -0.134.